The Morgan fingerprint density at radius 2 is 2.21 bits per heavy atom. The number of halogens is 1. The standard InChI is InChI=1S/C23H25ClN6O4/c1-32-21-14(24)3-2-4-16(21)28-20-17-18(30-19(20)15-5-6-26-23(25)29-15)12(10-27-22(17)31)9-13-11-33-7-8-34-13/h2-6,12-13,28,30H,7-11H2,1H3,(H,27,31)(H2,25,26,29)/t12-,13+/m1/s1. The first-order valence-electron chi connectivity index (χ1n) is 11.0. The third-order valence-electron chi connectivity index (χ3n) is 5.97. The molecule has 178 valence electrons. The van der Waals surface area contributed by atoms with Gasteiger partial charge in [-0.25, -0.2) is 9.97 Å². The number of nitrogens with two attached hydrogens (primary N) is 1. The molecule has 0 spiro atoms. The molecule has 0 saturated carbocycles. The van der Waals surface area contributed by atoms with Gasteiger partial charge < -0.3 is 35.6 Å². The van der Waals surface area contributed by atoms with Crippen molar-refractivity contribution < 1.29 is 19.0 Å². The summed E-state index contributed by atoms with van der Waals surface area (Å²) < 4.78 is 16.9. The van der Waals surface area contributed by atoms with Gasteiger partial charge in [0.15, 0.2) is 5.75 Å². The summed E-state index contributed by atoms with van der Waals surface area (Å²) in [5, 5.41) is 6.81. The molecule has 0 bridgehead atoms. The maximum absolute atomic E-state index is 13.1. The quantitative estimate of drug-likeness (QED) is 0.419. The van der Waals surface area contributed by atoms with Gasteiger partial charge >= 0.3 is 0 Å². The number of aromatic amines is 1. The highest BCUT2D eigenvalue weighted by molar-refractivity contribution is 6.32. The van der Waals surface area contributed by atoms with Gasteiger partial charge in [-0.3, -0.25) is 4.79 Å². The summed E-state index contributed by atoms with van der Waals surface area (Å²) in [4.78, 5) is 24.9. The average Bonchev–Trinajstić information content (AvgIpc) is 3.22. The van der Waals surface area contributed by atoms with Crippen molar-refractivity contribution in [3.8, 4) is 17.1 Å². The number of nitrogens with zero attached hydrogens (tertiary/aromatic N) is 2. The number of H-pyrrole nitrogens is 1. The molecule has 10 nitrogen and oxygen atoms in total. The first kappa shape index (κ1) is 22.5. The van der Waals surface area contributed by atoms with E-state index in [2.05, 4.69) is 25.6 Å². The number of ether oxygens (including phenoxy) is 3. The molecule has 2 aliphatic rings. The third-order valence-corrected chi connectivity index (χ3v) is 6.26. The smallest absolute Gasteiger partial charge is 0.255 e. The molecule has 1 amide bonds. The van der Waals surface area contributed by atoms with Crippen LogP contribution in [-0.2, 0) is 9.47 Å². The van der Waals surface area contributed by atoms with E-state index in [0.29, 0.717) is 71.9 Å². The summed E-state index contributed by atoms with van der Waals surface area (Å²) in [6, 6.07) is 7.10. The molecule has 11 heteroatoms. The van der Waals surface area contributed by atoms with Crippen molar-refractivity contribution in [1.29, 1.82) is 0 Å². The van der Waals surface area contributed by atoms with Gasteiger partial charge in [-0.1, -0.05) is 17.7 Å². The number of nitrogen functional groups attached to an aromatic ring is 1. The van der Waals surface area contributed by atoms with Gasteiger partial charge in [0.2, 0.25) is 5.95 Å². The van der Waals surface area contributed by atoms with Crippen molar-refractivity contribution in [3.05, 3.63) is 46.7 Å². The Kier molecular flexibility index (Phi) is 6.27. The molecule has 1 fully saturated rings. The van der Waals surface area contributed by atoms with Crippen LogP contribution in [0.2, 0.25) is 5.02 Å². The number of amides is 1. The molecule has 5 N–H and O–H groups in total. The molecule has 0 unspecified atom stereocenters. The Labute approximate surface area is 201 Å². The molecule has 5 rings (SSSR count). The molecule has 2 atom stereocenters. The van der Waals surface area contributed by atoms with Gasteiger partial charge in [-0.05, 0) is 24.6 Å². The summed E-state index contributed by atoms with van der Waals surface area (Å²) in [5.74, 6) is 0.395. The fourth-order valence-corrected chi connectivity index (χ4v) is 4.69. The number of aromatic nitrogens is 3. The minimum Gasteiger partial charge on any atom is -0.493 e. The summed E-state index contributed by atoms with van der Waals surface area (Å²) in [6.45, 7) is 2.17. The number of para-hydroxylation sites is 1. The van der Waals surface area contributed by atoms with Crippen LogP contribution in [0.4, 0.5) is 17.3 Å². The number of carbonyl (C=O) groups excluding carboxylic acids is 1. The lowest BCUT2D eigenvalue weighted by atomic mass is 9.91. The van der Waals surface area contributed by atoms with Gasteiger partial charge in [0.05, 0.1) is 66.4 Å². The number of benzene rings is 1. The number of anilines is 3. The molecule has 0 radical (unpaired) electrons. The summed E-state index contributed by atoms with van der Waals surface area (Å²) >= 11 is 6.34. The van der Waals surface area contributed by atoms with Crippen LogP contribution < -0.4 is 21.1 Å². The van der Waals surface area contributed by atoms with Crippen molar-refractivity contribution >= 4 is 34.8 Å². The van der Waals surface area contributed by atoms with Crippen LogP contribution in [0.15, 0.2) is 30.5 Å². The SMILES string of the molecule is COc1c(Cl)cccc1Nc1c(-c2ccnc(N)n2)[nH]c2c1C(=O)NC[C@H]2C[C@H]1COCCO1. The number of nitrogens with one attached hydrogen (secondary N) is 3. The van der Waals surface area contributed by atoms with Crippen LogP contribution in [0.25, 0.3) is 11.4 Å². The average molecular weight is 485 g/mol. The van der Waals surface area contributed by atoms with Crippen molar-refractivity contribution in [1.82, 2.24) is 20.3 Å². The summed E-state index contributed by atoms with van der Waals surface area (Å²) in [5.41, 5.74) is 9.49. The third kappa shape index (κ3) is 4.27. The van der Waals surface area contributed by atoms with Crippen LogP contribution in [0.5, 0.6) is 5.75 Å². The second kappa shape index (κ2) is 9.49. The van der Waals surface area contributed by atoms with Crippen LogP contribution in [0, 0.1) is 0 Å². The zero-order chi connectivity index (χ0) is 23.7. The number of fused-ring (bicyclic) bond motifs is 1. The van der Waals surface area contributed by atoms with E-state index in [1.54, 1.807) is 31.5 Å². The van der Waals surface area contributed by atoms with E-state index in [1.807, 2.05) is 6.07 Å². The Balaban J connectivity index is 1.62. The predicted molar refractivity (Wildman–Crippen MR) is 128 cm³/mol. The first-order chi connectivity index (χ1) is 16.5. The van der Waals surface area contributed by atoms with E-state index in [-0.39, 0.29) is 23.9 Å². The number of hydrogen-bond acceptors (Lipinski definition) is 8. The molecule has 2 aliphatic heterocycles. The molecule has 1 saturated heterocycles. The highest BCUT2D eigenvalue weighted by Gasteiger charge is 2.35. The Morgan fingerprint density at radius 1 is 1.32 bits per heavy atom. The lowest BCUT2D eigenvalue weighted by molar-refractivity contribution is -0.0928. The Morgan fingerprint density at radius 3 is 2.97 bits per heavy atom. The fourth-order valence-electron chi connectivity index (χ4n) is 4.44. The molecule has 1 aromatic carbocycles. The van der Waals surface area contributed by atoms with Crippen molar-refractivity contribution in [3.63, 3.8) is 0 Å². The maximum atomic E-state index is 13.1. The molecule has 4 heterocycles. The van der Waals surface area contributed by atoms with Crippen LogP contribution in [0.3, 0.4) is 0 Å². The lowest BCUT2D eigenvalue weighted by Gasteiger charge is -2.29. The van der Waals surface area contributed by atoms with E-state index < -0.39 is 0 Å². The highest BCUT2D eigenvalue weighted by Crippen LogP contribution is 2.43. The second-order valence-electron chi connectivity index (χ2n) is 8.12. The second-order valence-corrected chi connectivity index (χ2v) is 8.53. The topological polar surface area (TPSA) is 136 Å². The van der Waals surface area contributed by atoms with Gasteiger partial charge in [0.1, 0.15) is 0 Å². The highest BCUT2D eigenvalue weighted by atomic mass is 35.5. The largest absolute Gasteiger partial charge is 0.493 e. The van der Waals surface area contributed by atoms with E-state index in [0.717, 1.165) is 5.69 Å². The molecule has 34 heavy (non-hydrogen) atoms. The van der Waals surface area contributed by atoms with Crippen molar-refractivity contribution in [2.45, 2.75) is 18.4 Å². The van der Waals surface area contributed by atoms with Crippen LogP contribution >= 0.6 is 11.6 Å². The zero-order valence-electron chi connectivity index (χ0n) is 18.6. The summed E-state index contributed by atoms with van der Waals surface area (Å²) in [7, 11) is 1.54. The summed E-state index contributed by atoms with van der Waals surface area (Å²) in [6.07, 6.45) is 2.22. The minimum atomic E-state index is -0.194. The van der Waals surface area contributed by atoms with Gasteiger partial charge in [0.25, 0.3) is 5.91 Å². The van der Waals surface area contributed by atoms with Crippen molar-refractivity contribution in [2.24, 2.45) is 0 Å². The number of rotatable bonds is 6. The Hall–Kier alpha value is -3.34. The molecule has 0 aliphatic carbocycles. The minimum absolute atomic E-state index is 0.00542. The van der Waals surface area contributed by atoms with Crippen LogP contribution in [0.1, 0.15) is 28.4 Å². The van der Waals surface area contributed by atoms with E-state index in [1.165, 1.54) is 0 Å². The van der Waals surface area contributed by atoms with E-state index in [9.17, 15) is 4.79 Å². The Bertz CT molecular complexity index is 1210. The number of methoxy groups -OCH3 is 1. The fraction of sp³-hybridized carbons (Fsp3) is 0.348. The van der Waals surface area contributed by atoms with E-state index >= 15 is 0 Å². The normalized spacial score (nSPS) is 19.9. The molecule has 3 aromatic rings. The molecular weight excluding hydrogens is 460 g/mol. The van der Waals surface area contributed by atoms with Gasteiger partial charge in [0, 0.05) is 24.4 Å². The molecule has 2 aromatic heterocycles. The number of hydrogen-bond donors (Lipinski definition) is 4. The van der Waals surface area contributed by atoms with Gasteiger partial charge in [-0.15, -0.1) is 0 Å². The first-order valence-corrected chi connectivity index (χ1v) is 11.3. The van der Waals surface area contributed by atoms with E-state index in [4.69, 9.17) is 31.5 Å². The number of carbonyl (C=O) groups is 1. The predicted octanol–water partition coefficient (Wildman–Crippen LogP) is 3.09. The zero-order valence-corrected chi connectivity index (χ0v) is 19.3. The van der Waals surface area contributed by atoms with Gasteiger partial charge in [-0.2, -0.15) is 0 Å². The van der Waals surface area contributed by atoms with Crippen LogP contribution in [-0.4, -0.2) is 60.4 Å². The van der Waals surface area contributed by atoms with Crippen molar-refractivity contribution in [2.75, 3.05) is 44.5 Å². The molecular formula is C23H25ClN6O4. The lowest BCUT2D eigenvalue weighted by Crippen LogP contribution is -2.38. The maximum Gasteiger partial charge on any atom is 0.255 e. The monoisotopic (exact) mass is 484 g/mol.